The minimum Gasteiger partial charge on any atom is -0.481 e. The van der Waals surface area contributed by atoms with Gasteiger partial charge in [0.25, 0.3) is 0 Å². The Bertz CT molecular complexity index is 449. The molecule has 0 aromatic heterocycles. The number of carboxylic acids is 1. The molecule has 2 N–H and O–H groups in total. The highest BCUT2D eigenvalue weighted by Gasteiger charge is 2.40. The van der Waals surface area contributed by atoms with Gasteiger partial charge in [-0.25, -0.2) is 0 Å². The molecule has 2 rings (SSSR count). The normalized spacial score (nSPS) is 23.5. The van der Waals surface area contributed by atoms with Crippen molar-refractivity contribution in [2.45, 2.75) is 24.6 Å². The maximum Gasteiger partial charge on any atom is 0.416 e. The van der Waals surface area contributed by atoms with Crippen LogP contribution in [0.3, 0.4) is 0 Å². The smallest absolute Gasteiger partial charge is 0.416 e. The van der Waals surface area contributed by atoms with E-state index in [1.54, 1.807) is 0 Å². The number of hydrogen-bond acceptors (Lipinski definition) is 2. The van der Waals surface area contributed by atoms with E-state index < -0.39 is 23.2 Å². The molecule has 1 aliphatic rings. The molecular weight excluding hydrogens is 247 g/mol. The number of halogens is 3. The summed E-state index contributed by atoms with van der Waals surface area (Å²) in [4.78, 5) is 10.8. The van der Waals surface area contributed by atoms with Crippen molar-refractivity contribution in [1.29, 1.82) is 0 Å². The average Bonchev–Trinajstić information content (AvgIpc) is 2.22. The summed E-state index contributed by atoms with van der Waals surface area (Å²) < 4.78 is 37.2. The van der Waals surface area contributed by atoms with Crippen molar-refractivity contribution >= 4 is 5.97 Å². The van der Waals surface area contributed by atoms with E-state index in [0.717, 1.165) is 12.1 Å². The van der Waals surface area contributed by atoms with Gasteiger partial charge in [0, 0.05) is 0 Å². The fourth-order valence-corrected chi connectivity index (χ4v) is 2.16. The molecule has 1 fully saturated rings. The molecule has 98 valence electrons. The lowest BCUT2D eigenvalue weighted by atomic mass is 9.78. The lowest BCUT2D eigenvalue weighted by molar-refractivity contribution is -0.140. The molecule has 0 bridgehead atoms. The van der Waals surface area contributed by atoms with E-state index in [1.807, 2.05) is 0 Å². The van der Waals surface area contributed by atoms with Crippen LogP contribution in [0.2, 0.25) is 0 Å². The minimum atomic E-state index is -4.37. The van der Waals surface area contributed by atoms with Gasteiger partial charge in [0.15, 0.2) is 0 Å². The summed E-state index contributed by atoms with van der Waals surface area (Å²) in [5, 5.41) is 11.8. The highest BCUT2D eigenvalue weighted by atomic mass is 19.4. The van der Waals surface area contributed by atoms with Crippen LogP contribution in [0.1, 0.15) is 24.0 Å². The maximum atomic E-state index is 12.4. The Morgan fingerprint density at radius 3 is 2.22 bits per heavy atom. The van der Waals surface area contributed by atoms with E-state index in [9.17, 15) is 18.0 Å². The number of nitrogens with one attached hydrogen (secondary N) is 1. The monoisotopic (exact) mass is 259 g/mol. The van der Waals surface area contributed by atoms with E-state index in [2.05, 4.69) is 5.32 Å². The van der Waals surface area contributed by atoms with Crippen molar-refractivity contribution in [3.8, 4) is 0 Å². The Morgan fingerprint density at radius 1 is 1.33 bits per heavy atom. The fourth-order valence-electron chi connectivity index (χ4n) is 2.16. The highest BCUT2D eigenvalue weighted by Crippen LogP contribution is 2.36. The van der Waals surface area contributed by atoms with Crippen LogP contribution >= 0.6 is 0 Å². The van der Waals surface area contributed by atoms with Crippen LogP contribution in [0.15, 0.2) is 24.3 Å². The molecule has 1 heterocycles. The number of carboxylic acid groups (broad SMARTS) is 1. The molecule has 0 saturated carbocycles. The molecule has 0 spiro atoms. The lowest BCUT2D eigenvalue weighted by Gasteiger charge is -2.43. The second-order valence-corrected chi connectivity index (χ2v) is 4.40. The third-order valence-corrected chi connectivity index (χ3v) is 3.23. The highest BCUT2D eigenvalue weighted by molar-refractivity contribution is 5.69. The van der Waals surface area contributed by atoms with Gasteiger partial charge in [-0.1, -0.05) is 12.1 Å². The summed E-state index contributed by atoms with van der Waals surface area (Å²) in [6.07, 6.45) is -3.88. The SMILES string of the molecule is O=C(O)CC1(c2ccc(C(F)(F)F)cc2)CCN1. The lowest BCUT2D eigenvalue weighted by Crippen LogP contribution is -2.55. The first-order chi connectivity index (χ1) is 8.33. The van der Waals surface area contributed by atoms with Crippen LogP contribution in [0.25, 0.3) is 0 Å². The predicted molar refractivity (Wildman–Crippen MR) is 58.0 cm³/mol. The summed E-state index contributed by atoms with van der Waals surface area (Å²) in [5.41, 5.74) is -0.851. The van der Waals surface area contributed by atoms with E-state index in [-0.39, 0.29) is 6.42 Å². The Balaban J connectivity index is 2.25. The summed E-state index contributed by atoms with van der Waals surface area (Å²) in [6, 6.07) is 4.66. The third kappa shape index (κ3) is 2.33. The zero-order chi connectivity index (χ0) is 13.4. The molecule has 6 heteroatoms. The van der Waals surface area contributed by atoms with E-state index >= 15 is 0 Å². The number of alkyl halides is 3. The van der Waals surface area contributed by atoms with Crippen molar-refractivity contribution in [3.05, 3.63) is 35.4 Å². The topological polar surface area (TPSA) is 49.3 Å². The van der Waals surface area contributed by atoms with Gasteiger partial charge in [-0.05, 0) is 30.7 Å². The first-order valence-electron chi connectivity index (χ1n) is 5.48. The van der Waals surface area contributed by atoms with Gasteiger partial charge >= 0.3 is 12.1 Å². The average molecular weight is 259 g/mol. The molecular formula is C12H12F3NO2. The summed E-state index contributed by atoms with van der Waals surface area (Å²) in [7, 11) is 0. The van der Waals surface area contributed by atoms with Gasteiger partial charge in [-0.15, -0.1) is 0 Å². The van der Waals surface area contributed by atoms with Crippen molar-refractivity contribution in [2.75, 3.05) is 6.54 Å². The van der Waals surface area contributed by atoms with Crippen LogP contribution in [-0.2, 0) is 16.5 Å². The summed E-state index contributed by atoms with van der Waals surface area (Å²) >= 11 is 0. The third-order valence-electron chi connectivity index (χ3n) is 3.23. The zero-order valence-electron chi connectivity index (χ0n) is 9.42. The van der Waals surface area contributed by atoms with Gasteiger partial charge in [-0.3, -0.25) is 4.79 Å². The Morgan fingerprint density at radius 2 is 1.89 bits per heavy atom. The molecule has 1 atom stereocenters. The predicted octanol–water partition coefficient (Wildman–Crippen LogP) is 2.37. The van der Waals surface area contributed by atoms with Crippen molar-refractivity contribution in [2.24, 2.45) is 0 Å². The number of benzene rings is 1. The zero-order valence-corrected chi connectivity index (χ0v) is 9.42. The van der Waals surface area contributed by atoms with Gasteiger partial charge in [0.05, 0.1) is 17.5 Å². The van der Waals surface area contributed by atoms with Gasteiger partial charge in [0.2, 0.25) is 0 Å². The fraction of sp³-hybridized carbons (Fsp3) is 0.417. The molecule has 1 aromatic carbocycles. The second-order valence-electron chi connectivity index (χ2n) is 4.40. The first-order valence-corrected chi connectivity index (χ1v) is 5.48. The minimum absolute atomic E-state index is 0.127. The number of rotatable bonds is 3. The molecule has 0 amide bonds. The standard InChI is InChI=1S/C12H12F3NO2/c13-12(14,15)9-3-1-8(2-4-9)11(5-6-16-11)7-10(17)18/h1-4,16H,5-7H2,(H,17,18). The van der Waals surface area contributed by atoms with Crippen molar-refractivity contribution in [1.82, 2.24) is 5.32 Å². The Labute approximate surface area is 102 Å². The summed E-state index contributed by atoms with van der Waals surface area (Å²) in [5.74, 6) is -0.970. The van der Waals surface area contributed by atoms with Crippen LogP contribution in [0, 0.1) is 0 Å². The molecule has 1 aromatic rings. The van der Waals surface area contributed by atoms with E-state index in [1.165, 1.54) is 12.1 Å². The Kier molecular flexibility index (Phi) is 3.06. The number of aliphatic carboxylic acids is 1. The molecule has 0 aliphatic carbocycles. The molecule has 18 heavy (non-hydrogen) atoms. The maximum absolute atomic E-state index is 12.4. The molecule has 0 radical (unpaired) electrons. The van der Waals surface area contributed by atoms with Gasteiger partial charge in [0.1, 0.15) is 0 Å². The van der Waals surface area contributed by atoms with Crippen LogP contribution in [-0.4, -0.2) is 17.6 Å². The number of carbonyl (C=O) groups is 1. The molecule has 1 saturated heterocycles. The van der Waals surface area contributed by atoms with E-state index in [0.29, 0.717) is 18.5 Å². The first kappa shape index (κ1) is 12.9. The van der Waals surface area contributed by atoms with Gasteiger partial charge in [-0.2, -0.15) is 13.2 Å². The second kappa shape index (κ2) is 4.28. The quantitative estimate of drug-likeness (QED) is 0.876. The number of hydrogen-bond donors (Lipinski definition) is 2. The van der Waals surface area contributed by atoms with Crippen LogP contribution < -0.4 is 5.32 Å². The molecule has 3 nitrogen and oxygen atoms in total. The summed E-state index contributed by atoms with van der Waals surface area (Å²) in [6.45, 7) is 0.675. The van der Waals surface area contributed by atoms with E-state index in [4.69, 9.17) is 5.11 Å². The largest absolute Gasteiger partial charge is 0.481 e. The van der Waals surface area contributed by atoms with Crippen molar-refractivity contribution in [3.63, 3.8) is 0 Å². The van der Waals surface area contributed by atoms with Crippen LogP contribution in [0.4, 0.5) is 13.2 Å². The van der Waals surface area contributed by atoms with Crippen molar-refractivity contribution < 1.29 is 23.1 Å². The molecule has 1 aliphatic heterocycles. The van der Waals surface area contributed by atoms with Gasteiger partial charge < -0.3 is 10.4 Å². The Hall–Kier alpha value is -1.56. The van der Waals surface area contributed by atoms with Crippen LogP contribution in [0.5, 0.6) is 0 Å². The molecule has 1 unspecified atom stereocenters.